The molecule has 2 amide bonds. The molecule has 2 aromatic heterocycles. The van der Waals surface area contributed by atoms with Gasteiger partial charge in [0.15, 0.2) is 23.0 Å². The first kappa shape index (κ1) is 37.4. The van der Waals surface area contributed by atoms with Crippen LogP contribution in [0.15, 0.2) is 73.1 Å². The molecule has 0 fully saturated rings. The van der Waals surface area contributed by atoms with Gasteiger partial charge in [-0.05, 0) is 37.3 Å². The number of amides is 2. The number of hydrogen-bond acceptors (Lipinski definition) is 12. The van der Waals surface area contributed by atoms with E-state index in [1.54, 1.807) is 31.4 Å². The zero-order valence-corrected chi connectivity index (χ0v) is 29.4. The maximum absolute atomic E-state index is 14.1. The van der Waals surface area contributed by atoms with Crippen LogP contribution in [0, 0.1) is 12.7 Å². The summed E-state index contributed by atoms with van der Waals surface area (Å²) in [5.74, 6) is -0.335. The number of carbonyl (C=O) groups excluding carboxylic acids is 2. The maximum Gasteiger partial charge on any atom is 0.252 e. The molecular weight excluding hydrogens is 687 g/mol. The average molecular weight is 725 g/mol. The van der Waals surface area contributed by atoms with Crippen LogP contribution in [0.25, 0.3) is 21.8 Å². The van der Waals surface area contributed by atoms with E-state index in [0.29, 0.717) is 61.7 Å². The minimum Gasteiger partial charge on any atom is -0.508 e. The van der Waals surface area contributed by atoms with Crippen LogP contribution >= 0.6 is 0 Å². The number of primary amides is 2. The quantitative estimate of drug-likeness (QED) is 0.0871. The standard InChI is InChI=1S/C20H21N3O4.C18H16FN3O4/c1-11-4-5-15(12(6-11)10-24)23-19-13-7-17(26-2)18(27-3)8-16(13)22-9-14(19)20(21)25;1-25-15-6-10-14(7-16(15)26-2)21-8-11(18(20)24)17(10)22-13-4-3-9(23)5-12(13)19/h4-9,24H,10H2,1-3H3,(H2,21,25)(H,22,23);3-8,23H,1-2H3,(H2,20,24)(H,21,22). The van der Waals surface area contributed by atoms with Gasteiger partial charge >= 0.3 is 0 Å². The predicted octanol–water partition coefficient (Wildman–Crippen LogP) is 5.83. The summed E-state index contributed by atoms with van der Waals surface area (Å²) in [5.41, 5.74) is 15.6. The van der Waals surface area contributed by atoms with Crippen molar-refractivity contribution in [1.82, 2.24) is 9.97 Å². The molecule has 14 nitrogen and oxygen atoms in total. The summed E-state index contributed by atoms with van der Waals surface area (Å²) < 4.78 is 35.4. The van der Waals surface area contributed by atoms with Crippen LogP contribution in [-0.4, -0.2) is 60.4 Å². The highest BCUT2D eigenvalue weighted by Crippen LogP contribution is 2.39. The Morgan fingerprint density at radius 2 is 1.15 bits per heavy atom. The third kappa shape index (κ3) is 7.89. The second kappa shape index (κ2) is 16.0. The third-order valence-corrected chi connectivity index (χ3v) is 8.18. The van der Waals surface area contributed by atoms with Gasteiger partial charge < -0.3 is 51.3 Å². The summed E-state index contributed by atoms with van der Waals surface area (Å²) in [6.07, 6.45) is 2.73. The van der Waals surface area contributed by atoms with Crippen molar-refractivity contribution in [3.05, 3.63) is 101 Å². The molecule has 274 valence electrons. The van der Waals surface area contributed by atoms with Gasteiger partial charge in [0.1, 0.15) is 11.6 Å². The maximum atomic E-state index is 14.1. The van der Waals surface area contributed by atoms with Gasteiger partial charge in [0.25, 0.3) is 11.8 Å². The Balaban J connectivity index is 0.000000204. The summed E-state index contributed by atoms with van der Waals surface area (Å²) in [4.78, 5) is 32.3. The van der Waals surface area contributed by atoms with E-state index in [1.807, 2.05) is 25.1 Å². The lowest BCUT2D eigenvalue weighted by Crippen LogP contribution is -2.14. The molecule has 6 aromatic rings. The number of benzene rings is 4. The second-order valence-corrected chi connectivity index (χ2v) is 11.5. The summed E-state index contributed by atoms with van der Waals surface area (Å²) in [5, 5.41) is 26.3. The van der Waals surface area contributed by atoms with Crippen molar-refractivity contribution in [2.24, 2.45) is 11.5 Å². The van der Waals surface area contributed by atoms with E-state index in [4.69, 9.17) is 30.4 Å². The first-order valence-electron chi connectivity index (χ1n) is 15.8. The van der Waals surface area contributed by atoms with Crippen molar-refractivity contribution in [3.63, 3.8) is 0 Å². The van der Waals surface area contributed by atoms with Gasteiger partial charge in [-0.25, -0.2) is 4.39 Å². The molecule has 0 spiro atoms. The smallest absolute Gasteiger partial charge is 0.252 e. The van der Waals surface area contributed by atoms with Crippen LogP contribution < -0.4 is 41.0 Å². The van der Waals surface area contributed by atoms with Gasteiger partial charge in [-0.2, -0.15) is 0 Å². The lowest BCUT2D eigenvalue weighted by atomic mass is 10.1. The minimum absolute atomic E-state index is 0.0626. The number of halogens is 1. The van der Waals surface area contributed by atoms with Crippen molar-refractivity contribution in [2.45, 2.75) is 13.5 Å². The molecule has 0 radical (unpaired) electrons. The summed E-state index contributed by atoms with van der Waals surface area (Å²) >= 11 is 0. The van der Waals surface area contributed by atoms with E-state index in [2.05, 4.69) is 20.6 Å². The predicted molar refractivity (Wildman–Crippen MR) is 198 cm³/mol. The number of nitrogens with two attached hydrogens (primary N) is 2. The van der Waals surface area contributed by atoms with E-state index in [0.717, 1.165) is 11.6 Å². The fourth-order valence-corrected chi connectivity index (χ4v) is 5.53. The van der Waals surface area contributed by atoms with E-state index in [9.17, 15) is 24.2 Å². The number of fused-ring (bicyclic) bond motifs is 2. The van der Waals surface area contributed by atoms with Crippen LogP contribution in [0.5, 0.6) is 28.7 Å². The normalized spacial score (nSPS) is 10.6. The number of aryl methyl sites for hydroxylation is 1. The van der Waals surface area contributed by atoms with Crippen LogP contribution in [0.2, 0.25) is 0 Å². The molecule has 0 saturated heterocycles. The Bertz CT molecular complexity index is 2350. The third-order valence-electron chi connectivity index (χ3n) is 8.18. The minimum atomic E-state index is -0.726. The molecule has 0 atom stereocenters. The number of aromatic nitrogens is 2. The lowest BCUT2D eigenvalue weighted by Gasteiger charge is -2.17. The molecule has 4 aromatic carbocycles. The average Bonchev–Trinajstić information content (AvgIpc) is 3.15. The summed E-state index contributed by atoms with van der Waals surface area (Å²) in [6, 6.07) is 16.0. The molecule has 15 heteroatoms. The van der Waals surface area contributed by atoms with Crippen molar-refractivity contribution in [2.75, 3.05) is 39.1 Å². The molecule has 8 N–H and O–H groups in total. The molecule has 0 aliphatic carbocycles. The van der Waals surface area contributed by atoms with Gasteiger partial charge in [0, 0.05) is 52.6 Å². The van der Waals surface area contributed by atoms with Crippen LogP contribution in [-0.2, 0) is 6.61 Å². The van der Waals surface area contributed by atoms with Gasteiger partial charge in [0.2, 0.25) is 0 Å². The number of nitrogens with one attached hydrogen (secondary N) is 2. The van der Waals surface area contributed by atoms with Crippen molar-refractivity contribution in [1.29, 1.82) is 0 Å². The van der Waals surface area contributed by atoms with E-state index in [-0.39, 0.29) is 34.9 Å². The highest BCUT2D eigenvalue weighted by Gasteiger charge is 2.19. The summed E-state index contributed by atoms with van der Waals surface area (Å²) in [6.45, 7) is 1.80. The molecule has 0 saturated carbocycles. The molecular formula is C38H37FN6O8. The number of rotatable bonds is 11. The first-order chi connectivity index (χ1) is 25.4. The Hall–Kier alpha value is -6.87. The highest BCUT2D eigenvalue weighted by molar-refractivity contribution is 6.09. The Labute approximate surface area is 303 Å². The fourth-order valence-electron chi connectivity index (χ4n) is 5.53. The number of phenols is 1. The van der Waals surface area contributed by atoms with Crippen molar-refractivity contribution >= 4 is 56.4 Å². The van der Waals surface area contributed by atoms with Gasteiger partial charge in [-0.1, -0.05) is 17.7 Å². The highest BCUT2D eigenvalue weighted by atomic mass is 19.1. The number of ether oxygens (including phenoxy) is 4. The zero-order valence-electron chi connectivity index (χ0n) is 29.4. The fraction of sp³-hybridized carbons (Fsp3) is 0.158. The zero-order chi connectivity index (χ0) is 38.4. The molecule has 0 aliphatic heterocycles. The van der Waals surface area contributed by atoms with Crippen molar-refractivity contribution < 1.29 is 43.1 Å². The molecule has 0 bridgehead atoms. The molecule has 0 unspecified atom stereocenters. The molecule has 0 aliphatic rings. The van der Waals surface area contributed by atoms with E-state index in [1.165, 1.54) is 45.9 Å². The molecule has 6 rings (SSSR count). The number of aliphatic hydroxyl groups excluding tert-OH is 1. The number of pyridine rings is 2. The Kier molecular flexibility index (Phi) is 11.3. The van der Waals surface area contributed by atoms with Crippen LogP contribution in [0.3, 0.4) is 0 Å². The summed E-state index contributed by atoms with van der Waals surface area (Å²) in [7, 11) is 6.04. The Morgan fingerprint density at radius 1 is 0.698 bits per heavy atom. The second-order valence-electron chi connectivity index (χ2n) is 11.5. The number of aliphatic hydroxyl groups is 1. The Morgan fingerprint density at radius 3 is 1.58 bits per heavy atom. The number of hydrogen-bond donors (Lipinski definition) is 6. The molecule has 53 heavy (non-hydrogen) atoms. The lowest BCUT2D eigenvalue weighted by molar-refractivity contribution is 0.0992. The number of carbonyl (C=O) groups is 2. The topological polar surface area (TPSA) is 213 Å². The van der Waals surface area contributed by atoms with Gasteiger partial charge in [0.05, 0.1) is 74.3 Å². The van der Waals surface area contributed by atoms with Crippen LogP contribution in [0.4, 0.5) is 27.1 Å². The van der Waals surface area contributed by atoms with Gasteiger partial charge in [-0.3, -0.25) is 19.6 Å². The van der Waals surface area contributed by atoms with Crippen molar-refractivity contribution in [3.8, 4) is 28.7 Å². The number of anilines is 4. The number of nitrogens with zero attached hydrogens (tertiary/aromatic N) is 2. The SMILES string of the molecule is COc1cc2ncc(C(N)=O)c(Nc3ccc(C)cc3CO)c2cc1OC.COc1cc2ncc(C(N)=O)c(Nc3ccc(O)cc3F)c2cc1OC. The largest absolute Gasteiger partial charge is 0.508 e. The monoisotopic (exact) mass is 724 g/mol. The van der Waals surface area contributed by atoms with E-state index < -0.39 is 17.6 Å². The molecule has 2 heterocycles. The number of methoxy groups -OCH3 is 4. The first-order valence-corrected chi connectivity index (χ1v) is 15.8. The van der Waals surface area contributed by atoms with Crippen LogP contribution in [0.1, 0.15) is 31.8 Å². The van der Waals surface area contributed by atoms with E-state index >= 15 is 0 Å². The number of phenolic OH excluding ortho intramolecular Hbond substituents is 1. The van der Waals surface area contributed by atoms with Gasteiger partial charge in [-0.15, -0.1) is 0 Å². The number of aromatic hydroxyl groups is 1.